The summed E-state index contributed by atoms with van der Waals surface area (Å²) in [5, 5.41) is 0. The first-order valence-electron chi connectivity index (χ1n) is 6.16. The minimum absolute atomic E-state index is 0.484. The largest absolute Gasteiger partial charge is 0.472 e. The van der Waals surface area contributed by atoms with E-state index in [4.69, 9.17) is 9.15 Å². The van der Waals surface area contributed by atoms with Crippen LogP contribution in [0.15, 0.2) is 23.0 Å². The number of nitrogens with zero attached hydrogens (tertiary/aromatic N) is 1. The molecule has 88 valence electrons. The highest BCUT2D eigenvalue weighted by atomic mass is 16.5. The maximum Gasteiger partial charge on any atom is 0.0947 e. The Labute approximate surface area is 96.4 Å². The summed E-state index contributed by atoms with van der Waals surface area (Å²) >= 11 is 0. The van der Waals surface area contributed by atoms with Crippen molar-refractivity contribution < 1.29 is 9.15 Å². The van der Waals surface area contributed by atoms with Gasteiger partial charge in [0.2, 0.25) is 0 Å². The fraction of sp³-hybridized carbons (Fsp3) is 0.692. The summed E-state index contributed by atoms with van der Waals surface area (Å²) in [6, 6.07) is 3.51. The molecular weight excluding hydrogens is 202 g/mol. The number of rotatable bonds is 3. The summed E-state index contributed by atoms with van der Waals surface area (Å²) in [7, 11) is 1.84. The summed E-state index contributed by atoms with van der Waals surface area (Å²) in [6.07, 6.45) is 9.18. The van der Waals surface area contributed by atoms with E-state index in [1.807, 2.05) is 13.4 Å². The van der Waals surface area contributed by atoms with Gasteiger partial charge in [0.25, 0.3) is 0 Å². The van der Waals surface area contributed by atoms with Gasteiger partial charge in [-0.2, -0.15) is 0 Å². The summed E-state index contributed by atoms with van der Waals surface area (Å²) in [4.78, 5) is 2.64. The van der Waals surface area contributed by atoms with E-state index in [1.54, 1.807) is 6.26 Å². The molecule has 2 fully saturated rings. The molecule has 2 bridgehead atoms. The first-order valence-corrected chi connectivity index (χ1v) is 6.16. The lowest BCUT2D eigenvalue weighted by Gasteiger charge is -2.38. The van der Waals surface area contributed by atoms with E-state index >= 15 is 0 Å². The molecular formula is C13H19NO2. The Bertz CT molecular complexity index is 322. The maximum atomic E-state index is 5.51. The molecule has 3 heterocycles. The standard InChI is InChI=1S/C13H19NO2/c1-15-13-6-11-2-3-12(7-13)14(11)8-10-4-5-16-9-10/h4-5,9,11-13H,2-3,6-8H2,1H3. The van der Waals surface area contributed by atoms with E-state index in [2.05, 4.69) is 11.0 Å². The second-order valence-electron chi connectivity index (χ2n) is 5.02. The van der Waals surface area contributed by atoms with Crippen LogP contribution in [0.5, 0.6) is 0 Å². The lowest BCUT2D eigenvalue weighted by molar-refractivity contribution is 0.00247. The third-order valence-corrected chi connectivity index (χ3v) is 4.12. The minimum Gasteiger partial charge on any atom is -0.472 e. The SMILES string of the molecule is COC1CC2CCC(C1)N2Cc1ccoc1. The van der Waals surface area contributed by atoms with E-state index in [9.17, 15) is 0 Å². The minimum atomic E-state index is 0.484. The van der Waals surface area contributed by atoms with Crippen LogP contribution in [0.25, 0.3) is 0 Å². The van der Waals surface area contributed by atoms with E-state index in [0.717, 1.165) is 18.6 Å². The Morgan fingerprint density at radius 1 is 1.38 bits per heavy atom. The molecule has 0 saturated carbocycles. The van der Waals surface area contributed by atoms with Crippen molar-refractivity contribution in [2.24, 2.45) is 0 Å². The Kier molecular flexibility index (Phi) is 2.74. The average molecular weight is 221 g/mol. The van der Waals surface area contributed by atoms with Crippen LogP contribution in [-0.4, -0.2) is 30.2 Å². The molecule has 2 saturated heterocycles. The van der Waals surface area contributed by atoms with Crippen LogP contribution in [0.1, 0.15) is 31.2 Å². The first kappa shape index (κ1) is 10.4. The van der Waals surface area contributed by atoms with Crippen molar-refractivity contribution in [3.05, 3.63) is 24.2 Å². The number of piperidine rings is 1. The number of ether oxygens (including phenoxy) is 1. The zero-order valence-electron chi connectivity index (χ0n) is 9.76. The molecule has 0 amide bonds. The first-order chi connectivity index (χ1) is 7.86. The van der Waals surface area contributed by atoms with Crippen LogP contribution in [0.3, 0.4) is 0 Å². The van der Waals surface area contributed by atoms with Crippen molar-refractivity contribution >= 4 is 0 Å². The Morgan fingerprint density at radius 3 is 2.69 bits per heavy atom. The van der Waals surface area contributed by atoms with Crippen LogP contribution < -0.4 is 0 Å². The third-order valence-electron chi connectivity index (χ3n) is 4.12. The van der Waals surface area contributed by atoms with Crippen molar-refractivity contribution in [1.82, 2.24) is 4.90 Å². The van der Waals surface area contributed by atoms with Gasteiger partial charge in [0.15, 0.2) is 0 Å². The van der Waals surface area contributed by atoms with Gasteiger partial charge < -0.3 is 9.15 Å². The second-order valence-corrected chi connectivity index (χ2v) is 5.02. The molecule has 16 heavy (non-hydrogen) atoms. The zero-order valence-corrected chi connectivity index (χ0v) is 9.76. The topological polar surface area (TPSA) is 25.6 Å². The predicted molar refractivity (Wildman–Crippen MR) is 61.1 cm³/mol. The number of hydrogen-bond acceptors (Lipinski definition) is 3. The molecule has 1 aromatic heterocycles. The van der Waals surface area contributed by atoms with E-state index in [0.29, 0.717) is 6.10 Å². The van der Waals surface area contributed by atoms with Crippen LogP contribution in [0, 0.1) is 0 Å². The predicted octanol–water partition coefficient (Wildman–Crippen LogP) is 2.42. The van der Waals surface area contributed by atoms with Gasteiger partial charge in [-0.15, -0.1) is 0 Å². The Hall–Kier alpha value is -0.800. The Balaban J connectivity index is 1.69. The van der Waals surface area contributed by atoms with Crippen molar-refractivity contribution in [3.63, 3.8) is 0 Å². The quantitative estimate of drug-likeness (QED) is 0.784. The number of furan rings is 1. The summed E-state index contributed by atoms with van der Waals surface area (Å²) in [5.74, 6) is 0. The van der Waals surface area contributed by atoms with Crippen LogP contribution >= 0.6 is 0 Å². The Morgan fingerprint density at radius 2 is 2.12 bits per heavy atom. The highest BCUT2D eigenvalue weighted by Gasteiger charge is 2.40. The fourth-order valence-corrected chi connectivity index (χ4v) is 3.27. The highest BCUT2D eigenvalue weighted by Crippen LogP contribution is 2.37. The molecule has 3 heteroatoms. The van der Waals surface area contributed by atoms with Gasteiger partial charge in [0, 0.05) is 31.3 Å². The zero-order chi connectivity index (χ0) is 11.0. The number of methoxy groups -OCH3 is 1. The van der Waals surface area contributed by atoms with Crippen LogP contribution in [-0.2, 0) is 11.3 Å². The van der Waals surface area contributed by atoms with Gasteiger partial charge in [-0.1, -0.05) is 0 Å². The van der Waals surface area contributed by atoms with Crippen molar-refractivity contribution in [3.8, 4) is 0 Å². The molecule has 0 radical (unpaired) electrons. The molecule has 1 aromatic rings. The fourth-order valence-electron chi connectivity index (χ4n) is 3.27. The summed E-state index contributed by atoms with van der Waals surface area (Å²) in [5.41, 5.74) is 1.30. The summed E-state index contributed by atoms with van der Waals surface area (Å²) < 4.78 is 10.6. The summed E-state index contributed by atoms with van der Waals surface area (Å²) in [6.45, 7) is 1.04. The molecule has 3 rings (SSSR count). The van der Waals surface area contributed by atoms with Crippen molar-refractivity contribution in [2.45, 2.75) is 50.4 Å². The lowest BCUT2D eigenvalue weighted by atomic mass is 9.99. The molecule has 0 aromatic carbocycles. The van der Waals surface area contributed by atoms with Gasteiger partial charge in [0.1, 0.15) is 0 Å². The molecule has 0 spiro atoms. The molecule has 0 aliphatic carbocycles. The van der Waals surface area contributed by atoms with E-state index < -0.39 is 0 Å². The van der Waals surface area contributed by atoms with Gasteiger partial charge in [-0.25, -0.2) is 0 Å². The maximum absolute atomic E-state index is 5.51. The van der Waals surface area contributed by atoms with E-state index in [-0.39, 0.29) is 0 Å². The van der Waals surface area contributed by atoms with Gasteiger partial charge in [-0.05, 0) is 31.7 Å². The van der Waals surface area contributed by atoms with Gasteiger partial charge in [-0.3, -0.25) is 4.90 Å². The molecule has 0 N–H and O–H groups in total. The number of fused-ring (bicyclic) bond motifs is 2. The normalized spacial score (nSPS) is 34.4. The molecule has 3 nitrogen and oxygen atoms in total. The van der Waals surface area contributed by atoms with E-state index in [1.165, 1.54) is 31.2 Å². The van der Waals surface area contributed by atoms with Crippen LogP contribution in [0.4, 0.5) is 0 Å². The number of hydrogen-bond donors (Lipinski definition) is 0. The monoisotopic (exact) mass is 221 g/mol. The van der Waals surface area contributed by atoms with Crippen molar-refractivity contribution in [2.75, 3.05) is 7.11 Å². The van der Waals surface area contributed by atoms with Gasteiger partial charge >= 0.3 is 0 Å². The highest BCUT2D eigenvalue weighted by molar-refractivity contribution is 5.08. The second kappa shape index (κ2) is 4.22. The molecule has 2 atom stereocenters. The third kappa shape index (κ3) is 1.78. The molecule has 2 aliphatic heterocycles. The molecule has 2 aliphatic rings. The van der Waals surface area contributed by atoms with Crippen LogP contribution in [0.2, 0.25) is 0 Å². The van der Waals surface area contributed by atoms with Gasteiger partial charge in [0.05, 0.1) is 18.6 Å². The average Bonchev–Trinajstić information content (AvgIpc) is 2.87. The lowest BCUT2D eigenvalue weighted by Crippen LogP contribution is -2.44. The molecule has 2 unspecified atom stereocenters. The smallest absolute Gasteiger partial charge is 0.0947 e. The van der Waals surface area contributed by atoms with Crippen molar-refractivity contribution in [1.29, 1.82) is 0 Å².